The zero-order chi connectivity index (χ0) is 15.2. The van der Waals surface area contributed by atoms with Crippen molar-refractivity contribution in [1.29, 1.82) is 0 Å². The van der Waals surface area contributed by atoms with Gasteiger partial charge in [0.15, 0.2) is 0 Å². The number of benzene rings is 1. The predicted octanol–water partition coefficient (Wildman–Crippen LogP) is 1.50. The normalized spacial score (nSPS) is 20.0. The van der Waals surface area contributed by atoms with Crippen LogP contribution in [0.15, 0.2) is 30.3 Å². The van der Waals surface area contributed by atoms with Crippen LogP contribution in [0.4, 0.5) is 0 Å². The zero-order valence-electron chi connectivity index (χ0n) is 13.2. The van der Waals surface area contributed by atoms with Gasteiger partial charge in [0, 0.05) is 19.1 Å². The molecule has 1 amide bonds. The number of nitrogens with two attached hydrogens (primary N) is 1. The van der Waals surface area contributed by atoms with Gasteiger partial charge in [0.05, 0.1) is 6.04 Å². The highest BCUT2D eigenvalue weighted by Crippen LogP contribution is 2.16. The van der Waals surface area contributed by atoms with E-state index in [4.69, 9.17) is 5.73 Å². The predicted molar refractivity (Wildman–Crippen MR) is 86.0 cm³/mol. The molecular weight excluding hydrogens is 262 g/mol. The van der Waals surface area contributed by atoms with Gasteiger partial charge in [-0.1, -0.05) is 44.2 Å². The Morgan fingerprint density at radius 2 is 2.00 bits per heavy atom. The quantitative estimate of drug-likeness (QED) is 0.863. The molecule has 0 bridgehead atoms. The first-order valence-corrected chi connectivity index (χ1v) is 7.98. The van der Waals surface area contributed by atoms with Crippen molar-refractivity contribution in [2.75, 3.05) is 26.2 Å². The summed E-state index contributed by atoms with van der Waals surface area (Å²) in [5.41, 5.74) is 7.23. The van der Waals surface area contributed by atoms with Crippen molar-refractivity contribution >= 4 is 5.91 Å². The first-order valence-electron chi connectivity index (χ1n) is 7.98. The highest BCUT2D eigenvalue weighted by molar-refractivity contribution is 5.82. The summed E-state index contributed by atoms with van der Waals surface area (Å²) in [7, 11) is 0. The molecule has 1 aliphatic heterocycles. The minimum atomic E-state index is -0.428. The maximum Gasteiger partial charge on any atom is 0.239 e. The monoisotopic (exact) mass is 289 g/mol. The molecule has 4 heteroatoms. The molecule has 1 aromatic rings. The lowest BCUT2D eigenvalue weighted by Crippen LogP contribution is -2.45. The topological polar surface area (TPSA) is 49.6 Å². The molecule has 1 fully saturated rings. The second-order valence-corrected chi connectivity index (χ2v) is 5.74. The van der Waals surface area contributed by atoms with Crippen LogP contribution < -0.4 is 5.73 Å². The number of hydrogen-bond donors (Lipinski definition) is 1. The highest BCUT2D eigenvalue weighted by atomic mass is 16.2. The van der Waals surface area contributed by atoms with Gasteiger partial charge in [-0.25, -0.2) is 0 Å². The van der Waals surface area contributed by atoms with Gasteiger partial charge in [0.2, 0.25) is 5.91 Å². The summed E-state index contributed by atoms with van der Waals surface area (Å²) in [4.78, 5) is 16.8. The smallest absolute Gasteiger partial charge is 0.239 e. The summed E-state index contributed by atoms with van der Waals surface area (Å²) >= 11 is 0. The van der Waals surface area contributed by atoms with E-state index in [1.807, 2.05) is 35.2 Å². The van der Waals surface area contributed by atoms with E-state index in [2.05, 4.69) is 18.7 Å². The molecule has 0 saturated carbocycles. The Morgan fingerprint density at radius 1 is 1.33 bits per heavy atom. The van der Waals surface area contributed by atoms with Gasteiger partial charge >= 0.3 is 0 Å². The van der Waals surface area contributed by atoms with Crippen molar-refractivity contribution in [3.05, 3.63) is 35.9 Å². The van der Waals surface area contributed by atoms with E-state index in [1.54, 1.807) is 0 Å². The molecule has 1 saturated heterocycles. The lowest BCUT2D eigenvalue weighted by atomic mass is 10.1. The Bertz CT molecular complexity index is 445. The van der Waals surface area contributed by atoms with Crippen LogP contribution in [0.3, 0.4) is 0 Å². The molecule has 0 spiro atoms. The number of carbonyl (C=O) groups is 1. The third kappa shape index (κ3) is 4.05. The molecule has 0 aliphatic carbocycles. The first kappa shape index (κ1) is 16.0. The average Bonchev–Trinajstić information content (AvgIpc) is 2.98. The number of carbonyl (C=O) groups excluding carboxylic acids is 1. The van der Waals surface area contributed by atoms with E-state index in [-0.39, 0.29) is 5.91 Å². The van der Waals surface area contributed by atoms with Crippen molar-refractivity contribution in [1.82, 2.24) is 9.80 Å². The van der Waals surface area contributed by atoms with Crippen molar-refractivity contribution in [3.8, 4) is 0 Å². The Kier molecular flexibility index (Phi) is 5.76. The molecule has 2 N–H and O–H groups in total. The minimum absolute atomic E-state index is 0.0912. The van der Waals surface area contributed by atoms with Gasteiger partial charge in [0.1, 0.15) is 0 Å². The van der Waals surface area contributed by atoms with Crippen LogP contribution >= 0.6 is 0 Å². The van der Waals surface area contributed by atoms with Crippen LogP contribution in [-0.4, -0.2) is 54.0 Å². The third-order valence-electron chi connectivity index (χ3n) is 4.42. The fourth-order valence-electron chi connectivity index (χ4n) is 3.17. The summed E-state index contributed by atoms with van der Waals surface area (Å²) in [6.07, 6.45) is 1.68. The van der Waals surface area contributed by atoms with Gasteiger partial charge in [-0.15, -0.1) is 0 Å². The lowest BCUT2D eigenvalue weighted by molar-refractivity contribution is -0.131. The van der Waals surface area contributed by atoms with Crippen molar-refractivity contribution < 1.29 is 4.79 Å². The highest BCUT2D eigenvalue weighted by Gasteiger charge is 2.31. The molecule has 0 radical (unpaired) electrons. The summed E-state index contributed by atoms with van der Waals surface area (Å²) in [6, 6.07) is 10.1. The Labute approximate surface area is 127 Å². The van der Waals surface area contributed by atoms with Crippen molar-refractivity contribution in [2.45, 2.75) is 38.8 Å². The SMILES string of the molecule is CCN(CC)C1CCN(C(=O)[C@@H](N)Cc2ccccc2)C1. The largest absolute Gasteiger partial charge is 0.340 e. The molecule has 4 nitrogen and oxygen atoms in total. The number of amides is 1. The number of rotatable bonds is 6. The molecule has 1 aliphatic rings. The molecule has 0 aromatic heterocycles. The number of nitrogens with zero attached hydrogens (tertiary/aromatic N) is 2. The zero-order valence-corrected chi connectivity index (χ0v) is 13.2. The van der Waals surface area contributed by atoms with Crippen LogP contribution in [-0.2, 0) is 11.2 Å². The van der Waals surface area contributed by atoms with E-state index in [0.29, 0.717) is 12.5 Å². The standard InChI is InChI=1S/C17H27N3O/c1-3-19(4-2)15-10-11-20(13-15)17(21)16(18)12-14-8-6-5-7-9-14/h5-9,15-16H,3-4,10-13,18H2,1-2H3/t15?,16-/m0/s1. The van der Waals surface area contributed by atoms with Crippen LogP contribution in [0.2, 0.25) is 0 Å². The third-order valence-corrected chi connectivity index (χ3v) is 4.42. The molecule has 2 atom stereocenters. The van der Waals surface area contributed by atoms with Crippen LogP contribution in [0, 0.1) is 0 Å². The summed E-state index contributed by atoms with van der Waals surface area (Å²) < 4.78 is 0. The Morgan fingerprint density at radius 3 is 2.62 bits per heavy atom. The average molecular weight is 289 g/mol. The van der Waals surface area contributed by atoms with E-state index >= 15 is 0 Å². The summed E-state index contributed by atoms with van der Waals surface area (Å²) in [5.74, 6) is 0.0912. The molecular formula is C17H27N3O. The molecule has 1 heterocycles. The molecule has 21 heavy (non-hydrogen) atoms. The fourth-order valence-corrected chi connectivity index (χ4v) is 3.17. The summed E-state index contributed by atoms with van der Waals surface area (Å²) in [6.45, 7) is 8.09. The maximum atomic E-state index is 12.5. The van der Waals surface area contributed by atoms with Crippen molar-refractivity contribution in [3.63, 3.8) is 0 Å². The minimum Gasteiger partial charge on any atom is -0.340 e. The van der Waals surface area contributed by atoms with Crippen LogP contribution in [0.1, 0.15) is 25.8 Å². The summed E-state index contributed by atoms with van der Waals surface area (Å²) in [5, 5.41) is 0. The van der Waals surface area contributed by atoms with E-state index in [0.717, 1.165) is 38.2 Å². The Hall–Kier alpha value is -1.39. The van der Waals surface area contributed by atoms with E-state index < -0.39 is 6.04 Å². The second kappa shape index (κ2) is 7.57. The molecule has 116 valence electrons. The molecule has 1 aromatic carbocycles. The van der Waals surface area contributed by atoms with E-state index in [1.165, 1.54) is 0 Å². The van der Waals surface area contributed by atoms with Gasteiger partial charge in [-0.05, 0) is 31.5 Å². The fraction of sp³-hybridized carbons (Fsp3) is 0.588. The van der Waals surface area contributed by atoms with Crippen LogP contribution in [0.25, 0.3) is 0 Å². The Balaban J connectivity index is 1.89. The molecule has 2 rings (SSSR count). The number of hydrogen-bond acceptors (Lipinski definition) is 3. The first-order chi connectivity index (χ1) is 10.2. The second-order valence-electron chi connectivity index (χ2n) is 5.74. The van der Waals surface area contributed by atoms with Gasteiger partial charge in [0.25, 0.3) is 0 Å². The number of likely N-dealkylation sites (tertiary alicyclic amines) is 1. The van der Waals surface area contributed by atoms with Gasteiger partial charge in [-0.2, -0.15) is 0 Å². The maximum absolute atomic E-state index is 12.5. The number of likely N-dealkylation sites (N-methyl/N-ethyl adjacent to an activating group) is 1. The van der Waals surface area contributed by atoms with Gasteiger partial charge < -0.3 is 10.6 Å². The van der Waals surface area contributed by atoms with Crippen molar-refractivity contribution in [2.24, 2.45) is 5.73 Å². The van der Waals surface area contributed by atoms with E-state index in [9.17, 15) is 4.79 Å². The molecule has 1 unspecified atom stereocenters. The van der Waals surface area contributed by atoms with Crippen LogP contribution in [0.5, 0.6) is 0 Å². The van der Waals surface area contributed by atoms with Gasteiger partial charge in [-0.3, -0.25) is 9.69 Å². The lowest BCUT2D eigenvalue weighted by Gasteiger charge is -2.27.